The van der Waals surface area contributed by atoms with Crippen LogP contribution in [-0.2, 0) is 19.1 Å². The second-order valence-electron chi connectivity index (χ2n) is 13.0. The summed E-state index contributed by atoms with van der Waals surface area (Å²) in [4.78, 5) is 26.7. The van der Waals surface area contributed by atoms with Gasteiger partial charge in [0.05, 0.1) is 0 Å². The monoisotopic (exact) mass is 644 g/mol. The predicted molar refractivity (Wildman–Crippen MR) is 198 cm³/mol. The van der Waals surface area contributed by atoms with Crippen LogP contribution < -0.4 is 0 Å². The molecule has 0 fully saturated rings. The Balaban J connectivity index is 3.89. The maximum Gasteiger partial charge on any atom is 0.307 e. The van der Waals surface area contributed by atoms with E-state index < -0.39 is 12.3 Å². The van der Waals surface area contributed by atoms with Crippen LogP contribution in [0.25, 0.3) is 0 Å². The third-order valence-corrected chi connectivity index (χ3v) is 8.14. The maximum absolute atomic E-state index is 12.5. The van der Waals surface area contributed by atoms with E-state index in [1.807, 2.05) is 25.9 Å². The van der Waals surface area contributed by atoms with E-state index in [9.17, 15) is 9.59 Å². The summed E-state index contributed by atoms with van der Waals surface area (Å²) >= 11 is 0. The van der Waals surface area contributed by atoms with Crippen molar-refractivity contribution in [3.05, 3.63) is 48.6 Å². The highest BCUT2D eigenvalue weighted by Crippen LogP contribution is 2.14. The number of hydrogen-bond acceptors (Lipinski definition) is 5. The van der Waals surface area contributed by atoms with Crippen LogP contribution in [0.2, 0.25) is 0 Å². The van der Waals surface area contributed by atoms with Crippen molar-refractivity contribution in [1.82, 2.24) is 4.90 Å². The van der Waals surface area contributed by atoms with Gasteiger partial charge in [0, 0.05) is 12.8 Å². The molecule has 46 heavy (non-hydrogen) atoms. The lowest BCUT2D eigenvalue weighted by molar-refractivity contribution is -0.179. The molecule has 2 atom stereocenters. The van der Waals surface area contributed by atoms with Crippen LogP contribution in [0.15, 0.2) is 48.6 Å². The lowest BCUT2D eigenvalue weighted by Gasteiger charge is -2.29. The van der Waals surface area contributed by atoms with Crippen LogP contribution in [0.5, 0.6) is 0 Å². The van der Waals surface area contributed by atoms with E-state index in [0.717, 1.165) is 64.2 Å². The molecule has 0 saturated heterocycles. The molecule has 0 heterocycles. The van der Waals surface area contributed by atoms with Crippen LogP contribution in [0.3, 0.4) is 0 Å². The first-order valence-electron chi connectivity index (χ1n) is 19.1. The van der Waals surface area contributed by atoms with E-state index in [1.165, 1.54) is 77.0 Å². The molecule has 0 spiro atoms. The first-order valence-corrected chi connectivity index (χ1v) is 19.1. The molecule has 2 unspecified atom stereocenters. The highest BCUT2D eigenvalue weighted by Gasteiger charge is 2.26. The Bertz CT molecular complexity index is 813. The fourth-order valence-electron chi connectivity index (χ4n) is 5.30. The number of nitrogens with zero attached hydrogens (tertiary/aromatic N) is 1. The van der Waals surface area contributed by atoms with Gasteiger partial charge in [-0.3, -0.25) is 14.5 Å². The Labute approximate surface area is 285 Å². The number of likely N-dealkylation sites (N-methyl/N-ethyl adjacent to an activating group) is 1. The second kappa shape index (κ2) is 34.2. The molecule has 0 radical (unpaired) electrons. The Morgan fingerprint density at radius 1 is 0.500 bits per heavy atom. The molecule has 0 aromatic heterocycles. The molecule has 0 bridgehead atoms. The van der Waals surface area contributed by atoms with Crippen molar-refractivity contribution in [3.8, 4) is 0 Å². The Hall–Kier alpha value is -2.14. The largest absolute Gasteiger partial charge is 0.457 e. The zero-order valence-electron chi connectivity index (χ0n) is 30.8. The van der Waals surface area contributed by atoms with E-state index in [0.29, 0.717) is 12.8 Å². The van der Waals surface area contributed by atoms with Gasteiger partial charge in [-0.1, -0.05) is 127 Å². The average Bonchev–Trinajstić information content (AvgIpc) is 3.03. The van der Waals surface area contributed by atoms with Gasteiger partial charge in [-0.15, -0.1) is 0 Å². The summed E-state index contributed by atoms with van der Waals surface area (Å²) in [6.45, 7) is 6.29. The van der Waals surface area contributed by atoms with Crippen molar-refractivity contribution in [1.29, 1.82) is 0 Å². The van der Waals surface area contributed by atoms with Gasteiger partial charge in [-0.25, -0.2) is 0 Å². The highest BCUT2D eigenvalue weighted by molar-refractivity contribution is 5.70. The Morgan fingerprint density at radius 3 is 1.24 bits per heavy atom. The lowest BCUT2D eigenvalue weighted by atomic mass is 10.1. The summed E-state index contributed by atoms with van der Waals surface area (Å²) in [5.41, 5.74) is 0. The van der Waals surface area contributed by atoms with Crippen molar-refractivity contribution in [2.75, 3.05) is 14.1 Å². The Morgan fingerprint density at radius 2 is 0.848 bits per heavy atom. The summed E-state index contributed by atoms with van der Waals surface area (Å²) < 4.78 is 11.4. The molecule has 0 aliphatic carbocycles. The minimum atomic E-state index is -0.570. The molecule has 5 heteroatoms. The SMILES string of the molecule is CCCCCC=CCC=CCCCCCCCC(=O)OC(C)C(OC(=O)CCCCCCCC=CCC=CCCCCC)N(C)C. The van der Waals surface area contributed by atoms with Gasteiger partial charge < -0.3 is 9.47 Å². The van der Waals surface area contributed by atoms with Crippen LogP contribution in [-0.4, -0.2) is 43.3 Å². The van der Waals surface area contributed by atoms with Crippen molar-refractivity contribution in [2.24, 2.45) is 0 Å². The van der Waals surface area contributed by atoms with Crippen LogP contribution in [0, 0.1) is 0 Å². The summed E-state index contributed by atoms with van der Waals surface area (Å²) in [6.07, 6.45) is 43.4. The van der Waals surface area contributed by atoms with Gasteiger partial charge in [0.25, 0.3) is 0 Å². The number of hydrogen-bond donors (Lipinski definition) is 0. The quantitative estimate of drug-likeness (QED) is 0.0316. The van der Waals surface area contributed by atoms with Crippen LogP contribution >= 0.6 is 0 Å². The number of ether oxygens (including phenoxy) is 2. The zero-order valence-corrected chi connectivity index (χ0v) is 30.8. The van der Waals surface area contributed by atoms with Crippen molar-refractivity contribution in [2.45, 2.75) is 187 Å². The molecule has 0 aromatic carbocycles. The topological polar surface area (TPSA) is 55.8 Å². The minimum Gasteiger partial charge on any atom is -0.457 e. The van der Waals surface area contributed by atoms with E-state index in [2.05, 4.69) is 62.5 Å². The third-order valence-electron chi connectivity index (χ3n) is 8.14. The van der Waals surface area contributed by atoms with Crippen LogP contribution in [0.1, 0.15) is 175 Å². The summed E-state index contributed by atoms with van der Waals surface area (Å²) in [6, 6.07) is 0. The van der Waals surface area contributed by atoms with Gasteiger partial charge in [0.2, 0.25) is 0 Å². The fourth-order valence-corrected chi connectivity index (χ4v) is 5.30. The number of unbranched alkanes of at least 4 members (excludes halogenated alkanes) is 16. The predicted octanol–water partition coefficient (Wildman–Crippen LogP) is 12.0. The normalized spacial score (nSPS) is 13.5. The molecule has 0 aromatic rings. The smallest absolute Gasteiger partial charge is 0.307 e. The molecule has 5 nitrogen and oxygen atoms in total. The number of carbonyl (C=O) groups excluding carboxylic acids is 2. The van der Waals surface area contributed by atoms with Crippen molar-refractivity contribution in [3.63, 3.8) is 0 Å². The maximum atomic E-state index is 12.5. The molecular weight excluding hydrogens is 570 g/mol. The van der Waals surface area contributed by atoms with Gasteiger partial charge in [-0.05, 0) is 98.1 Å². The number of rotatable bonds is 32. The van der Waals surface area contributed by atoms with Crippen LogP contribution in [0.4, 0.5) is 0 Å². The molecule has 0 saturated carbocycles. The summed E-state index contributed by atoms with van der Waals surface area (Å²) in [7, 11) is 3.70. The minimum absolute atomic E-state index is 0.213. The summed E-state index contributed by atoms with van der Waals surface area (Å²) in [5.74, 6) is -0.434. The van der Waals surface area contributed by atoms with E-state index in [4.69, 9.17) is 9.47 Å². The third kappa shape index (κ3) is 30.5. The van der Waals surface area contributed by atoms with Crippen molar-refractivity contribution < 1.29 is 19.1 Å². The second-order valence-corrected chi connectivity index (χ2v) is 13.0. The first kappa shape index (κ1) is 43.9. The molecular formula is C41H73NO4. The number of carbonyl (C=O) groups is 2. The van der Waals surface area contributed by atoms with Gasteiger partial charge in [0.1, 0.15) is 6.10 Å². The van der Waals surface area contributed by atoms with Gasteiger partial charge in [-0.2, -0.15) is 0 Å². The molecule has 0 amide bonds. The first-order chi connectivity index (χ1) is 22.4. The standard InChI is InChI=1S/C41H73NO4/c1-6-8-10-12-14-16-18-20-22-24-26-28-30-32-34-36-39(43)45-38(3)41(42(4)5)46-40(44)37-35-33-31-29-27-25-23-21-19-17-15-13-11-9-7-2/h14-17,20-23,38,41H,6-13,18-19,24-37H2,1-5H3. The average molecular weight is 644 g/mol. The molecule has 0 rings (SSSR count). The van der Waals surface area contributed by atoms with E-state index in [1.54, 1.807) is 0 Å². The fraction of sp³-hybridized carbons (Fsp3) is 0.756. The van der Waals surface area contributed by atoms with E-state index >= 15 is 0 Å². The highest BCUT2D eigenvalue weighted by atomic mass is 16.6. The van der Waals surface area contributed by atoms with Gasteiger partial charge >= 0.3 is 11.9 Å². The molecule has 266 valence electrons. The number of esters is 2. The van der Waals surface area contributed by atoms with E-state index in [-0.39, 0.29) is 11.9 Å². The van der Waals surface area contributed by atoms with Crippen molar-refractivity contribution >= 4 is 11.9 Å². The van der Waals surface area contributed by atoms with Gasteiger partial charge in [0.15, 0.2) is 6.23 Å². The lowest BCUT2D eigenvalue weighted by Crippen LogP contribution is -2.43. The Kier molecular flexibility index (Phi) is 32.6. The zero-order chi connectivity index (χ0) is 33.9. The summed E-state index contributed by atoms with van der Waals surface area (Å²) in [5, 5.41) is 0. The molecule has 0 aliphatic rings. The molecule has 0 N–H and O–H groups in total. The number of allylic oxidation sites excluding steroid dienone is 8. The molecule has 0 aliphatic heterocycles.